The summed E-state index contributed by atoms with van der Waals surface area (Å²) in [5.74, 6) is 0.875. The van der Waals surface area contributed by atoms with Crippen LogP contribution in [0.3, 0.4) is 0 Å². The van der Waals surface area contributed by atoms with E-state index in [0.29, 0.717) is 17.8 Å². The lowest BCUT2D eigenvalue weighted by Crippen LogP contribution is -2.41. The molecule has 1 aromatic rings. The molecule has 0 aliphatic carbocycles. The third-order valence-electron chi connectivity index (χ3n) is 5.89. The molecule has 0 unspecified atom stereocenters. The van der Waals surface area contributed by atoms with Gasteiger partial charge in [0.1, 0.15) is 5.69 Å². The lowest BCUT2D eigenvalue weighted by atomic mass is 9.99. The topological polar surface area (TPSA) is 45.7 Å². The third kappa shape index (κ3) is 3.07. The summed E-state index contributed by atoms with van der Waals surface area (Å²) in [4.78, 5) is 22.0. The van der Waals surface area contributed by atoms with Crippen LogP contribution in [0.1, 0.15) is 41.9 Å². The van der Waals surface area contributed by atoms with Crippen molar-refractivity contribution in [3.05, 3.63) is 29.6 Å². The molecule has 4 rings (SSSR count). The number of rotatable bonds is 3. The summed E-state index contributed by atoms with van der Waals surface area (Å²) in [6.07, 6.45) is 4.57. The largest absolute Gasteiger partial charge is 0.381 e. The van der Waals surface area contributed by atoms with Gasteiger partial charge in [-0.1, -0.05) is 6.07 Å². The van der Waals surface area contributed by atoms with Crippen LogP contribution in [0.5, 0.6) is 0 Å². The molecule has 5 heteroatoms. The summed E-state index contributed by atoms with van der Waals surface area (Å²) < 4.78 is 5.48. The molecule has 3 saturated heterocycles. The molecule has 3 aliphatic heterocycles. The Morgan fingerprint density at radius 2 is 1.96 bits per heavy atom. The molecule has 0 N–H and O–H groups in total. The first-order valence-electron chi connectivity index (χ1n) is 9.29. The zero-order valence-electron chi connectivity index (χ0n) is 14.5. The van der Waals surface area contributed by atoms with Gasteiger partial charge in [-0.05, 0) is 50.7 Å². The van der Waals surface area contributed by atoms with Crippen molar-refractivity contribution in [2.75, 3.05) is 32.8 Å². The van der Waals surface area contributed by atoms with Crippen LogP contribution in [0, 0.1) is 12.8 Å². The smallest absolute Gasteiger partial charge is 0.272 e. The first-order valence-corrected chi connectivity index (χ1v) is 9.29. The third-order valence-corrected chi connectivity index (χ3v) is 5.89. The van der Waals surface area contributed by atoms with Crippen LogP contribution >= 0.6 is 0 Å². The van der Waals surface area contributed by atoms with Crippen molar-refractivity contribution in [2.24, 2.45) is 5.92 Å². The van der Waals surface area contributed by atoms with E-state index in [4.69, 9.17) is 4.74 Å². The van der Waals surface area contributed by atoms with Crippen LogP contribution in [0.2, 0.25) is 0 Å². The number of aryl methyl sites for hydroxylation is 1. The number of amides is 1. The summed E-state index contributed by atoms with van der Waals surface area (Å²) in [6, 6.07) is 6.63. The predicted molar refractivity (Wildman–Crippen MR) is 91.9 cm³/mol. The molecule has 1 amide bonds. The van der Waals surface area contributed by atoms with Crippen LogP contribution in [-0.2, 0) is 4.74 Å². The quantitative estimate of drug-likeness (QED) is 0.852. The predicted octanol–water partition coefficient (Wildman–Crippen LogP) is 2.11. The fraction of sp³-hybridized carbons (Fsp3) is 0.684. The molecule has 1 aromatic heterocycles. The lowest BCUT2D eigenvalue weighted by molar-refractivity contribution is 0.0502. The SMILES string of the molecule is Cc1cccc(C(=O)N2CC[C@H]3[C@H]2CCN3CC2CCOCC2)n1. The van der Waals surface area contributed by atoms with Crippen molar-refractivity contribution in [3.8, 4) is 0 Å². The zero-order chi connectivity index (χ0) is 16.5. The van der Waals surface area contributed by atoms with Gasteiger partial charge in [-0.15, -0.1) is 0 Å². The first-order chi connectivity index (χ1) is 11.7. The highest BCUT2D eigenvalue weighted by molar-refractivity contribution is 5.92. The van der Waals surface area contributed by atoms with Gasteiger partial charge in [0.15, 0.2) is 0 Å². The number of hydrogen-bond acceptors (Lipinski definition) is 4. The van der Waals surface area contributed by atoms with Gasteiger partial charge in [-0.2, -0.15) is 0 Å². The van der Waals surface area contributed by atoms with Crippen LogP contribution < -0.4 is 0 Å². The zero-order valence-corrected chi connectivity index (χ0v) is 14.5. The second kappa shape index (κ2) is 6.81. The highest BCUT2D eigenvalue weighted by atomic mass is 16.5. The van der Waals surface area contributed by atoms with E-state index in [0.717, 1.165) is 50.8 Å². The monoisotopic (exact) mass is 329 g/mol. The van der Waals surface area contributed by atoms with E-state index >= 15 is 0 Å². The summed E-state index contributed by atoms with van der Waals surface area (Å²) in [5.41, 5.74) is 1.50. The van der Waals surface area contributed by atoms with Crippen LogP contribution in [0.25, 0.3) is 0 Å². The Kier molecular flexibility index (Phi) is 4.55. The lowest BCUT2D eigenvalue weighted by Gasteiger charge is -2.30. The molecular formula is C19H27N3O2. The maximum absolute atomic E-state index is 12.9. The molecule has 0 saturated carbocycles. The number of carbonyl (C=O) groups excluding carboxylic acids is 1. The Balaban J connectivity index is 1.41. The Labute approximate surface area is 144 Å². The van der Waals surface area contributed by atoms with Crippen molar-refractivity contribution in [3.63, 3.8) is 0 Å². The number of aromatic nitrogens is 1. The summed E-state index contributed by atoms with van der Waals surface area (Å²) >= 11 is 0. The maximum Gasteiger partial charge on any atom is 0.272 e. The number of ether oxygens (including phenoxy) is 1. The van der Waals surface area contributed by atoms with E-state index in [1.54, 1.807) is 0 Å². The number of carbonyl (C=O) groups is 1. The van der Waals surface area contributed by atoms with E-state index < -0.39 is 0 Å². The van der Waals surface area contributed by atoms with E-state index in [-0.39, 0.29) is 5.91 Å². The molecule has 24 heavy (non-hydrogen) atoms. The van der Waals surface area contributed by atoms with Crippen molar-refractivity contribution in [2.45, 2.75) is 44.7 Å². The molecule has 5 nitrogen and oxygen atoms in total. The molecule has 2 atom stereocenters. The highest BCUT2D eigenvalue weighted by Crippen LogP contribution is 2.33. The molecule has 0 spiro atoms. The standard InChI is InChI=1S/C19H27N3O2/c1-14-3-2-4-16(20-14)19(23)22-10-6-17-18(22)5-9-21(17)13-15-7-11-24-12-8-15/h2-4,15,17-18H,5-13H2,1H3/t17-,18+/m0/s1. The minimum atomic E-state index is 0.110. The molecule has 4 heterocycles. The van der Waals surface area contributed by atoms with Gasteiger partial charge in [0.25, 0.3) is 5.91 Å². The minimum absolute atomic E-state index is 0.110. The Hall–Kier alpha value is -1.46. The van der Waals surface area contributed by atoms with Crippen LogP contribution in [-0.4, -0.2) is 65.6 Å². The number of nitrogens with zero attached hydrogens (tertiary/aromatic N) is 3. The molecule has 3 aliphatic rings. The van der Waals surface area contributed by atoms with Crippen LogP contribution in [0.15, 0.2) is 18.2 Å². The van der Waals surface area contributed by atoms with Gasteiger partial charge in [-0.25, -0.2) is 4.98 Å². The van der Waals surface area contributed by atoms with Crippen molar-refractivity contribution in [1.82, 2.24) is 14.8 Å². The van der Waals surface area contributed by atoms with E-state index in [1.165, 1.54) is 19.4 Å². The van der Waals surface area contributed by atoms with Crippen molar-refractivity contribution < 1.29 is 9.53 Å². The highest BCUT2D eigenvalue weighted by Gasteiger charge is 2.45. The minimum Gasteiger partial charge on any atom is -0.381 e. The Morgan fingerprint density at radius 3 is 2.75 bits per heavy atom. The normalized spacial score (nSPS) is 28.3. The van der Waals surface area contributed by atoms with Gasteiger partial charge >= 0.3 is 0 Å². The first kappa shape index (κ1) is 16.0. The number of likely N-dealkylation sites (tertiary alicyclic amines) is 2. The molecule has 3 fully saturated rings. The van der Waals surface area contributed by atoms with Gasteiger partial charge in [0, 0.05) is 50.6 Å². The van der Waals surface area contributed by atoms with Gasteiger partial charge in [0.05, 0.1) is 0 Å². The molecule has 0 bridgehead atoms. The van der Waals surface area contributed by atoms with Gasteiger partial charge in [-0.3, -0.25) is 9.69 Å². The molecule has 0 aromatic carbocycles. The summed E-state index contributed by atoms with van der Waals surface area (Å²) in [7, 11) is 0. The molecular weight excluding hydrogens is 302 g/mol. The van der Waals surface area contributed by atoms with E-state index in [9.17, 15) is 4.79 Å². The van der Waals surface area contributed by atoms with Crippen LogP contribution in [0.4, 0.5) is 0 Å². The van der Waals surface area contributed by atoms with Gasteiger partial charge in [0.2, 0.25) is 0 Å². The van der Waals surface area contributed by atoms with Crippen molar-refractivity contribution >= 4 is 5.91 Å². The average molecular weight is 329 g/mol. The molecule has 0 radical (unpaired) electrons. The Morgan fingerprint density at radius 1 is 1.17 bits per heavy atom. The second-order valence-corrected chi connectivity index (χ2v) is 7.43. The van der Waals surface area contributed by atoms with E-state index in [2.05, 4.69) is 14.8 Å². The maximum atomic E-state index is 12.9. The number of hydrogen-bond donors (Lipinski definition) is 0. The van der Waals surface area contributed by atoms with Gasteiger partial charge < -0.3 is 9.64 Å². The molecule has 130 valence electrons. The average Bonchev–Trinajstić information content (AvgIpc) is 3.18. The Bertz CT molecular complexity index is 600. The fourth-order valence-electron chi connectivity index (χ4n) is 4.62. The second-order valence-electron chi connectivity index (χ2n) is 7.43. The summed E-state index contributed by atoms with van der Waals surface area (Å²) in [5, 5.41) is 0. The summed E-state index contributed by atoms with van der Waals surface area (Å²) in [6.45, 7) is 6.93. The number of pyridine rings is 1. The van der Waals surface area contributed by atoms with E-state index in [1.807, 2.05) is 25.1 Å². The number of fused-ring (bicyclic) bond motifs is 1. The van der Waals surface area contributed by atoms with Crippen molar-refractivity contribution in [1.29, 1.82) is 0 Å². The fourth-order valence-corrected chi connectivity index (χ4v) is 4.62.